The number of benzene rings is 1. The van der Waals surface area contributed by atoms with Crippen LogP contribution in [0.1, 0.15) is 24.2 Å². The van der Waals surface area contributed by atoms with Crippen molar-refractivity contribution in [1.82, 2.24) is 10.3 Å². The number of aromatic nitrogens is 1. The normalized spacial score (nSPS) is 14.7. The van der Waals surface area contributed by atoms with Gasteiger partial charge in [-0.15, -0.1) is 11.3 Å². The van der Waals surface area contributed by atoms with E-state index in [9.17, 15) is 0 Å². The second kappa shape index (κ2) is 4.96. The number of nitrogens with zero attached hydrogens (tertiary/aromatic N) is 1. The highest BCUT2D eigenvalue weighted by molar-refractivity contribution is 7.07. The Kier molecular flexibility index (Phi) is 3.17. The lowest BCUT2D eigenvalue weighted by Crippen LogP contribution is -2.18. The van der Waals surface area contributed by atoms with E-state index < -0.39 is 0 Å². The predicted molar refractivity (Wildman–Crippen MR) is 69.9 cm³/mol. The first-order valence-corrected chi connectivity index (χ1v) is 6.78. The Morgan fingerprint density at radius 2 is 2.39 bits per heavy atom. The van der Waals surface area contributed by atoms with E-state index in [0.717, 1.165) is 29.3 Å². The van der Waals surface area contributed by atoms with E-state index in [-0.39, 0.29) is 6.04 Å². The van der Waals surface area contributed by atoms with E-state index in [1.54, 1.807) is 11.3 Å². The van der Waals surface area contributed by atoms with Crippen LogP contribution >= 0.6 is 11.3 Å². The summed E-state index contributed by atoms with van der Waals surface area (Å²) in [5.74, 6) is 1.69. The van der Waals surface area contributed by atoms with Crippen LogP contribution in [-0.4, -0.2) is 11.8 Å². The molecule has 0 fully saturated rings. The molecule has 1 aliphatic heterocycles. The van der Waals surface area contributed by atoms with Gasteiger partial charge in [0.25, 0.3) is 0 Å². The Balaban J connectivity index is 1.69. The number of fused-ring (bicyclic) bond motifs is 1. The van der Waals surface area contributed by atoms with Crippen LogP contribution < -0.4 is 14.8 Å². The van der Waals surface area contributed by atoms with Gasteiger partial charge in [0, 0.05) is 23.5 Å². The Labute approximate surface area is 110 Å². The summed E-state index contributed by atoms with van der Waals surface area (Å²) in [5.41, 5.74) is 4.04. The van der Waals surface area contributed by atoms with Crippen LogP contribution in [0.15, 0.2) is 29.1 Å². The van der Waals surface area contributed by atoms with Gasteiger partial charge in [-0.25, -0.2) is 4.98 Å². The largest absolute Gasteiger partial charge is 0.454 e. The molecule has 0 amide bonds. The summed E-state index contributed by atoms with van der Waals surface area (Å²) in [6.07, 6.45) is 0. The molecular formula is C13H14N2O2S. The van der Waals surface area contributed by atoms with Gasteiger partial charge < -0.3 is 14.8 Å². The minimum Gasteiger partial charge on any atom is -0.454 e. The maximum atomic E-state index is 5.48. The first-order chi connectivity index (χ1) is 8.84. The molecule has 94 valence electrons. The molecule has 0 spiro atoms. The fourth-order valence-electron chi connectivity index (χ4n) is 1.93. The van der Waals surface area contributed by atoms with Crippen LogP contribution in [0.25, 0.3) is 0 Å². The molecule has 1 unspecified atom stereocenters. The maximum absolute atomic E-state index is 5.48. The molecule has 5 heteroatoms. The number of thiazole rings is 1. The van der Waals surface area contributed by atoms with Crippen molar-refractivity contribution in [2.75, 3.05) is 6.79 Å². The topological polar surface area (TPSA) is 43.4 Å². The van der Waals surface area contributed by atoms with Crippen molar-refractivity contribution in [3.05, 3.63) is 40.3 Å². The lowest BCUT2D eigenvalue weighted by Gasteiger charge is -2.12. The van der Waals surface area contributed by atoms with Crippen molar-refractivity contribution < 1.29 is 9.47 Å². The highest BCUT2D eigenvalue weighted by atomic mass is 32.1. The molecule has 0 aliphatic carbocycles. The molecule has 3 rings (SSSR count). The van der Waals surface area contributed by atoms with E-state index in [2.05, 4.69) is 22.6 Å². The summed E-state index contributed by atoms with van der Waals surface area (Å²) >= 11 is 1.61. The van der Waals surface area contributed by atoms with E-state index in [4.69, 9.17) is 9.47 Å². The number of para-hydroxylation sites is 1. The smallest absolute Gasteiger partial charge is 0.231 e. The van der Waals surface area contributed by atoms with Crippen molar-refractivity contribution in [3.63, 3.8) is 0 Å². The van der Waals surface area contributed by atoms with Crippen LogP contribution in [0, 0.1) is 0 Å². The van der Waals surface area contributed by atoms with Crippen LogP contribution in [0.2, 0.25) is 0 Å². The minimum absolute atomic E-state index is 0.231. The molecule has 1 N–H and O–H groups in total. The van der Waals surface area contributed by atoms with Gasteiger partial charge in [-0.05, 0) is 13.0 Å². The van der Waals surface area contributed by atoms with Crippen LogP contribution in [0.4, 0.5) is 0 Å². The fraction of sp³-hybridized carbons (Fsp3) is 0.308. The van der Waals surface area contributed by atoms with Gasteiger partial charge in [0.15, 0.2) is 11.5 Å². The summed E-state index contributed by atoms with van der Waals surface area (Å²) in [6, 6.07) is 6.19. The Morgan fingerprint density at radius 3 is 3.22 bits per heavy atom. The second-order valence-electron chi connectivity index (χ2n) is 4.17. The average Bonchev–Trinajstić information content (AvgIpc) is 3.05. The predicted octanol–water partition coefficient (Wildman–Crippen LogP) is 2.72. The number of ether oxygens (including phenoxy) is 2. The Bertz CT molecular complexity index is 528. The highest BCUT2D eigenvalue weighted by Gasteiger charge is 2.17. The molecule has 1 aromatic carbocycles. The molecule has 1 aromatic heterocycles. The van der Waals surface area contributed by atoms with Crippen LogP contribution in [0.5, 0.6) is 11.5 Å². The van der Waals surface area contributed by atoms with E-state index >= 15 is 0 Å². The fourth-order valence-corrected chi connectivity index (χ4v) is 2.58. The molecule has 1 atom stereocenters. The SMILES string of the molecule is CC(NCc1cccc2c1OCO2)c1cscn1. The molecule has 1 aliphatic rings. The van der Waals surface area contributed by atoms with Gasteiger partial charge >= 0.3 is 0 Å². The van der Waals surface area contributed by atoms with Gasteiger partial charge in [0.05, 0.1) is 11.2 Å². The van der Waals surface area contributed by atoms with Gasteiger partial charge in [-0.2, -0.15) is 0 Å². The zero-order valence-electron chi connectivity index (χ0n) is 10.1. The lowest BCUT2D eigenvalue weighted by atomic mass is 10.1. The molecule has 0 radical (unpaired) electrons. The van der Waals surface area contributed by atoms with Crippen molar-refractivity contribution >= 4 is 11.3 Å². The van der Waals surface area contributed by atoms with E-state index in [1.165, 1.54) is 0 Å². The lowest BCUT2D eigenvalue weighted by molar-refractivity contribution is 0.173. The standard InChI is InChI=1S/C13H14N2O2S/c1-9(11-6-18-7-15-11)14-5-10-3-2-4-12-13(10)17-8-16-12/h2-4,6-7,9,14H,5,8H2,1H3. The first kappa shape index (κ1) is 11.5. The molecule has 0 bridgehead atoms. The molecular weight excluding hydrogens is 248 g/mol. The number of nitrogens with one attached hydrogen (secondary N) is 1. The second-order valence-corrected chi connectivity index (χ2v) is 4.89. The molecule has 0 saturated heterocycles. The van der Waals surface area contributed by atoms with Gasteiger partial charge in [-0.1, -0.05) is 12.1 Å². The monoisotopic (exact) mass is 262 g/mol. The maximum Gasteiger partial charge on any atom is 0.231 e. The summed E-state index contributed by atoms with van der Waals surface area (Å²) in [6.45, 7) is 3.16. The van der Waals surface area contributed by atoms with Crippen LogP contribution in [0.3, 0.4) is 0 Å². The number of hydrogen-bond acceptors (Lipinski definition) is 5. The highest BCUT2D eigenvalue weighted by Crippen LogP contribution is 2.35. The molecule has 2 aromatic rings. The Morgan fingerprint density at radius 1 is 1.44 bits per heavy atom. The van der Waals surface area contributed by atoms with Gasteiger partial charge in [0.2, 0.25) is 6.79 Å². The first-order valence-electron chi connectivity index (χ1n) is 5.83. The molecule has 2 heterocycles. The molecule has 4 nitrogen and oxygen atoms in total. The van der Waals surface area contributed by atoms with Gasteiger partial charge in [-0.3, -0.25) is 0 Å². The molecule has 0 saturated carbocycles. The van der Waals surface area contributed by atoms with E-state index in [0.29, 0.717) is 6.79 Å². The van der Waals surface area contributed by atoms with Crippen LogP contribution in [-0.2, 0) is 6.54 Å². The third-order valence-corrected chi connectivity index (χ3v) is 3.58. The van der Waals surface area contributed by atoms with Crippen molar-refractivity contribution in [1.29, 1.82) is 0 Å². The Hall–Kier alpha value is -1.59. The summed E-state index contributed by atoms with van der Waals surface area (Å²) in [5, 5.41) is 5.50. The number of hydrogen-bond donors (Lipinski definition) is 1. The third-order valence-electron chi connectivity index (χ3n) is 2.97. The third kappa shape index (κ3) is 2.19. The van der Waals surface area contributed by atoms with Gasteiger partial charge in [0.1, 0.15) is 0 Å². The zero-order valence-corrected chi connectivity index (χ0v) is 10.9. The van der Waals surface area contributed by atoms with E-state index in [1.807, 2.05) is 23.7 Å². The average molecular weight is 262 g/mol. The molecule has 18 heavy (non-hydrogen) atoms. The van der Waals surface area contributed by atoms with Crippen molar-refractivity contribution in [2.24, 2.45) is 0 Å². The van der Waals surface area contributed by atoms with Crippen molar-refractivity contribution in [3.8, 4) is 11.5 Å². The minimum atomic E-state index is 0.231. The zero-order chi connectivity index (χ0) is 12.4. The number of rotatable bonds is 4. The quantitative estimate of drug-likeness (QED) is 0.920. The summed E-state index contributed by atoms with van der Waals surface area (Å²) < 4.78 is 10.8. The summed E-state index contributed by atoms with van der Waals surface area (Å²) in [4.78, 5) is 4.30. The van der Waals surface area contributed by atoms with Crippen molar-refractivity contribution in [2.45, 2.75) is 19.5 Å². The summed E-state index contributed by atoms with van der Waals surface area (Å²) in [7, 11) is 0.